The maximum atomic E-state index is 12.3. The maximum Gasteiger partial charge on any atom is 0.228 e. The second-order valence-corrected chi connectivity index (χ2v) is 6.51. The van der Waals surface area contributed by atoms with Crippen molar-refractivity contribution in [2.75, 3.05) is 11.1 Å². The van der Waals surface area contributed by atoms with Crippen molar-refractivity contribution in [3.63, 3.8) is 0 Å². The Hall–Kier alpha value is -1.03. The number of carbonyl (C=O) groups excluding carboxylic acids is 1. The summed E-state index contributed by atoms with van der Waals surface area (Å²) < 4.78 is 0.849. The van der Waals surface area contributed by atoms with E-state index >= 15 is 0 Å². The fourth-order valence-corrected chi connectivity index (χ4v) is 2.91. The molecule has 0 bridgehead atoms. The predicted molar refractivity (Wildman–Crippen MR) is 78.3 cm³/mol. The minimum Gasteiger partial charge on any atom is -0.398 e. The quantitative estimate of drug-likeness (QED) is 0.816. The summed E-state index contributed by atoms with van der Waals surface area (Å²) in [5.41, 5.74) is 7.31. The zero-order chi connectivity index (χ0) is 13.3. The highest BCUT2D eigenvalue weighted by atomic mass is 79.9. The van der Waals surface area contributed by atoms with Gasteiger partial charge in [0, 0.05) is 21.8 Å². The number of nitrogens with one attached hydrogen (secondary N) is 1. The number of hydrogen-bond donors (Lipinski definition) is 2. The molecular weight excluding hydrogens is 292 g/mol. The molecule has 18 heavy (non-hydrogen) atoms. The van der Waals surface area contributed by atoms with E-state index in [0.717, 1.165) is 29.4 Å². The molecule has 3 N–H and O–H groups in total. The summed E-state index contributed by atoms with van der Waals surface area (Å²) in [5.74, 6) is 0.210. The zero-order valence-electron chi connectivity index (χ0n) is 10.8. The Kier molecular flexibility index (Phi) is 3.66. The standard InChI is InChI=1S/C14H19BrN2O/c1-14(2)7-3-4-10(14)13(18)17-9-5-6-11(15)12(16)8-9/h5-6,8,10H,3-4,7,16H2,1-2H3,(H,17,18). The van der Waals surface area contributed by atoms with Crippen LogP contribution in [0.5, 0.6) is 0 Å². The molecule has 98 valence electrons. The van der Waals surface area contributed by atoms with Gasteiger partial charge in [0.25, 0.3) is 0 Å². The average molecular weight is 311 g/mol. The van der Waals surface area contributed by atoms with Crippen LogP contribution in [0.4, 0.5) is 11.4 Å². The Morgan fingerprint density at radius 1 is 1.50 bits per heavy atom. The van der Waals surface area contributed by atoms with Gasteiger partial charge >= 0.3 is 0 Å². The van der Waals surface area contributed by atoms with Crippen molar-refractivity contribution in [2.24, 2.45) is 11.3 Å². The third-order valence-corrected chi connectivity index (χ3v) is 4.56. The number of rotatable bonds is 2. The summed E-state index contributed by atoms with van der Waals surface area (Å²) >= 11 is 3.34. The fourth-order valence-electron chi connectivity index (χ4n) is 2.66. The number of anilines is 2. The topological polar surface area (TPSA) is 55.1 Å². The van der Waals surface area contributed by atoms with Gasteiger partial charge in [-0.05, 0) is 52.4 Å². The summed E-state index contributed by atoms with van der Waals surface area (Å²) in [4.78, 5) is 12.3. The van der Waals surface area contributed by atoms with Gasteiger partial charge in [-0.1, -0.05) is 20.3 Å². The van der Waals surface area contributed by atoms with E-state index in [0.29, 0.717) is 5.69 Å². The highest BCUT2D eigenvalue weighted by Crippen LogP contribution is 2.43. The first-order valence-electron chi connectivity index (χ1n) is 6.26. The molecule has 1 fully saturated rings. The smallest absolute Gasteiger partial charge is 0.228 e. The van der Waals surface area contributed by atoms with Crippen molar-refractivity contribution >= 4 is 33.2 Å². The van der Waals surface area contributed by atoms with E-state index in [9.17, 15) is 4.79 Å². The molecule has 4 heteroatoms. The number of carbonyl (C=O) groups is 1. The number of halogens is 1. The van der Waals surface area contributed by atoms with Crippen LogP contribution >= 0.6 is 15.9 Å². The number of benzene rings is 1. The lowest BCUT2D eigenvalue weighted by atomic mass is 9.81. The summed E-state index contributed by atoms with van der Waals surface area (Å²) in [6.45, 7) is 4.33. The van der Waals surface area contributed by atoms with E-state index in [4.69, 9.17) is 5.73 Å². The first-order valence-corrected chi connectivity index (χ1v) is 7.05. The van der Waals surface area contributed by atoms with Crippen LogP contribution in [-0.4, -0.2) is 5.91 Å². The van der Waals surface area contributed by atoms with Crippen molar-refractivity contribution in [1.29, 1.82) is 0 Å². The Bertz CT molecular complexity index is 471. The largest absolute Gasteiger partial charge is 0.398 e. The van der Waals surface area contributed by atoms with E-state index in [1.807, 2.05) is 12.1 Å². The highest BCUT2D eigenvalue weighted by molar-refractivity contribution is 9.10. The molecule has 1 saturated carbocycles. The lowest BCUT2D eigenvalue weighted by Gasteiger charge is -2.25. The van der Waals surface area contributed by atoms with Gasteiger partial charge < -0.3 is 11.1 Å². The van der Waals surface area contributed by atoms with Crippen molar-refractivity contribution < 1.29 is 4.79 Å². The molecule has 1 atom stereocenters. The molecule has 0 spiro atoms. The van der Waals surface area contributed by atoms with Gasteiger partial charge in [-0.25, -0.2) is 0 Å². The van der Waals surface area contributed by atoms with Crippen LogP contribution in [0.25, 0.3) is 0 Å². The van der Waals surface area contributed by atoms with Crippen LogP contribution in [0.1, 0.15) is 33.1 Å². The van der Waals surface area contributed by atoms with E-state index in [2.05, 4.69) is 35.1 Å². The van der Waals surface area contributed by atoms with Gasteiger partial charge in [0.05, 0.1) is 0 Å². The highest BCUT2D eigenvalue weighted by Gasteiger charge is 2.39. The van der Waals surface area contributed by atoms with E-state index in [1.165, 1.54) is 0 Å². The van der Waals surface area contributed by atoms with Crippen LogP contribution in [-0.2, 0) is 4.79 Å². The normalized spacial score (nSPS) is 21.8. The molecular formula is C14H19BrN2O. The molecule has 1 aromatic rings. The minimum absolute atomic E-state index is 0.0994. The van der Waals surface area contributed by atoms with Gasteiger partial charge in [-0.2, -0.15) is 0 Å². The molecule has 1 aliphatic rings. The summed E-state index contributed by atoms with van der Waals surface area (Å²) in [6, 6.07) is 5.50. The molecule has 1 aliphatic carbocycles. The van der Waals surface area contributed by atoms with Crippen molar-refractivity contribution in [3.05, 3.63) is 22.7 Å². The minimum atomic E-state index is 0.0994. The van der Waals surface area contributed by atoms with Crippen LogP contribution < -0.4 is 11.1 Å². The predicted octanol–water partition coefficient (Wildman–Crippen LogP) is 3.80. The molecule has 1 unspecified atom stereocenters. The van der Waals surface area contributed by atoms with Gasteiger partial charge in [-0.3, -0.25) is 4.79 Å². The van der Waals surface area contributed by atoms with Gasteiger partial charge in [0.15, 0.2) is 0 Å². The zero-order valence-corrected chi connectivity index (χ0v) is 12.4. The third kappa shape index (κ3) is 2.69. The Labute approximate surface area is 116 Å². The fraction of sp³-hybridized carbons (Fsp3) is 0.500. The Morgan fingerprint density at radius 2 is 2.22 bits per heavy atom. The molecule has 0 aliphatic heterocycles. The van der Waals surface area contributed by atoms with Gasteiger partial charge in [0.2, 0.25) is 5.91 Å². The summed E-state index contributed by atoms with van der Waals surface area (Å²) in [7, 11) is 0. The molecule has 3 nitrogen and oxygen atoms in total. The van der Waals surface area contributed by atoms with Gasteiger partial charge in [-0.15, -0.1) is 0 Å². The molecule has 1 amide bonds. The lowest BCUT2D eigenvalue weighted by molar-refractivity contribution is -0.122. The molecule has 1 aromatic carbocycles. The van der Waals surface area contributed by atoms with Crippen molar-refractivity contribution in [1.82, 2.24) is 0 Å². The maximum absolute atomic E-state index is 12.3. The monoisotopic (exact) mass is 310 g/mol. The number of hydrogen-bond acceptors (Lipinski definition) is 2. The average Bonchev–Trinajstić information content (AvgIpc) is 2.63. The second-order valence-electron chi connectivity index (χ2n) is 5.66. The Balaban J connectivity index is 2.09. The van der Waals surface area contributed by atoms with Crippen LogP contribution in [0.3, 0.4) is 0 Å². The van der Waals surface area contributed by atoms with Gasteiger partial charge in [0.1, 0.15) is 0 Å². The number of nitrogen functional groups attached to an aromatic ring is 1. The first-order chi connectivity index (χ1) is 8.40. The van der Waals surface area contributed by atoms with Crippen molar-refractivity contribution in [2.45, 2.75) is 33.1 Å². The summed E-state index contributed by atoms with van der Waals surface area (Å²) in [6.07, 6.45) is 3.23. The lowest BCUT2D eigenvalue weighted by Crippen LogP contribution is -2.30. The molecule has 0 radical (unpaired) electrons. The van der Waals surface area contributed by atoms with E-state index < -0.39 is 0 Å². The number of amides is 1. The number of nitrogens with two attached hydrogens (primary N) is 1. The van der Waals surface area contributed by atoms with Crippen molar-refractivity contribution in [3.8, 4) is 0 Å². The van der Waals surface area contributed by atoms with E-state index in [-0.39, 0.29) is 17.2 Å². The second kappa shape index (κ2) is 4.92. The molecule has 0 aromatic heterocycles. The molecule has 0 saturated heterocycles. The van der Waals surface area contributed by atoms with Crippen LogP contribution in [0.15, 0.2) is 22.7 Å². The van der Waals surface area contributed by atoms with Crippen LogP contribution in [0.2, 0.25) is 0 Å². The molecule has 0 heterocycles. The summed E-state index contributed by atoms with van der Waals surface area (Å²) in [5, 5.41) is 2.97. The molecule has 2 rings (SSSR count). The van der Waals surface area contributed by atoms with E-state index in [1.54, 1.807) is 6.07 Å². The Morgan fingerprint density at radius 3 is 2.78 bits per heavy atom. The third-order valence-electron chi connectivity index (χ3n) is 3.84. The first kappa shape index (κ1) is 13.4. The van der Waals surface area contributed by atoms with Crippen LogP contribution in [0, 0.1) is 11.3 Å². The SMILES string of the molecule is CC1(C)CCCC1C(=O)Nc1ccc(Br)c(N)c1.